The van der Waals surface area contributed by atoms with Crippen LogP contribution in [0, 0.1) is 0 Å². The van der Waals surface area contributed by atoms with Gasteiger partial charge in [-0.15, -0.1) is 0 Å². The van der Waals surface area contributed by atoms with Crippen molar-refractivity contribution in [2.45, 2.75) is 32.4 Å². The molecule has 1 fully saturated rings. The number of nitrogens with one attached hydrogen (secondary N) is 1. The first-order chi connectivity index (χ1) is 7.29. The zero-order chi connectivity index (χ0) is 10.7. The Balaban J connectivity index is 1.97. The van der Waals surface area contributed by atoms with Crippen LogP contribution in [0.15, 0.2) is 18.3 Å². The largest absolute Gasteiger partial charge is 0.360 e. The maximum atomic E-state index is 4.35. The molecule has 15 heavy (non-hydrogen) atoms. The second-order valence-corrected chi connectivity index (χ2v) is 4.19. The van der Waals surface area contributed by atoms with E-state index in [4.69, 9.17) is 0 Å². The van der Waals surface area contributed by atoms with Crippen LogP contribution in [0.3, 0.4) is 0 Å². The second kappa shape index (κ2) is 4.62. The monoisotopic (exact) mass is 205 g/mol. The highest BCUT2D eigenvalue weighted by atomic mass is 15.1. The summed E-state index contributed by atoms with van der Waals surface area (Å²) in [5.41, 5.74) is 1.33. The van der Waals surface area contributed by atoms with E-state index in [1.807, 2.05) is 6.20 Å². The molecule has 1 N–H and O–H groups in total. The minimum atomic E-state index is 0.769. The molecular weight excluding hydrogens is 186 g/mol. The van der Waals surface area contributed by atoms with Crippen molar-refractivity contribution in [1.82, 2.24) is 10.3 Å². The predicted molar refractivity (Wildman–Crippen MR) is 63.0 cm³/mol. The third-order valence-electron chi connectivity index (χ3n) is 2.85. The zero-order valence-corrected chi connectivity index (χ0v) is 9.53. The molecule has 3 heteroatoms. The van der Waals surface area contributed by atoms with Gasteiger partial charge in [-0.2, -0.15) is 0 Å². The normalized spacial score (nSPS) is 15.3. The van der Waals surface area contributed by atoms with E-state index in [1.165, 1.54) is 18.4 Å². The van der Waals surface area contributed by atoms with Gasteiger partial charge in [0.05, 0.1) is 0 Å². The minimum absolute atomic E-state index is 0.769. The summed E-state index contributed by atoms with van der Waals surface area (Å²) in [6.45, 7) is 4.10. The van der Waals surface area contributed by atoms with Crippen LogP contribution in [-0.4, -0.2) is 24.6 Å². The van der Waals surface area contributed by atoms with Crippen LogP contribution in [0.5, 0.6) is 0 Å². The number of hydrogen-bond donors (Lipinski definition) is 1. The van der Waals surface area contributed by atoms with Gasteiger partial charge in [0.15, 0.2) is 0 Å². The highest BCUT2D eigenvalue weighted by Gasteiger charge is 2.19. The summed E-state index contributed by atoms with van der Waals surface area (Å²) < 4.78 is 0. The summed E-state index contributed by atoms with van der Waals surface area (Å²) in [6.07, 6.45) is 4.57. The summed E-state index contributed by atoms with van der Waals surface area (Å²) in [6, 6.07) is 5.02. The second-order valence-electron chi connectivity index (χ2n) is 4.19. The van der Waals surface area contributed by atoms with Crippen molar-refractivity contribution in [3.05, 3.63) is 23.9 Å². The van der Waals surface area contributed by atoms with E-state index in [1.54, 1.807) is 0 Å². The van der Waals surface area contributed by atoms with E-state index < -0.39 is 0 Å². The first-order valence-corrected chi connectivity index (χ1v) is 5.69. The van der Waals surface area contributed by atoms with Crippen molar-refractivity contribution in [1.29, 1.82) is 0 Å². The first kappa shape index (κ1) is 10.4. The van der Waals surface area contributed by atoms with Crippen LogP contribution in [0.25, 0.3) is 0 Å². The molecule has 82 valence electrons. The van der Waals surface area contributed by atoms with Gasteiger partial charge < -0.3 is 10.2 Å². The van der Waals surface area contributed by atoms with Crippen molar-refractivity contribution in [2.75, 3.05) is 18.5 Å². The lowest BCUT2D eigenvalue weighted by molar-refractivity contribution is 0.687. The highest BCUT2D eigenvalue weighted by Crippen LogP contribution is 2.19. The van der Waals surface area contributed by atoms with E-state index in [9.17, 15) is 0 Å². The summed E-state index contributed by atoms with van der Waals surface area (Å²) >= 11 is 0. The molecule has 0 aromatic carbocycles. The molecule has 0 radical (unpaired) electrons. The topological polar surface area (TPSA) is 28.2 Å². The smallest absolute Gasteiger partial charge is 0.128 e. The van der Waals surface area contributed by atoms with Gasteiger partial charge in [0.25, 0.3) is 0 Å². The van der Waals surface area contributed by atoms with Crippen LogP contribution in [0.4, 0.5) is 5.82 Å². The number of rotatable bonds is 5. The molecule has 1 saturated carbocycles. The van der Waals surface area contributed by atoms with Gasteiger partial charge in [-0.1, -0.05) is 0 Å². The number of nitrogens with zero attached hydrogens (tertiary/aromatic N) is 2. The zero-order valence-electron chi connectivity index (χ0n) is 9.53. The van der Waals surface area contributed by atoms with E-state index in [0.717, 1.165) is 24.9 Å². The van der Waals surface area contributed by atoms with Crippen molar-refractivity contribution in [3.8, 4) is 0 Å². The molecule has 1 aromatic heterocycles. The minimum Gasteiger partial charge on any atom is -0.360 e. The molecule has 0 unspecified atom stereocenters. The third-order valence-corrected chi connectivity index (χ3v) is 2.85. The van der Waals surface area contributed by atoms with Crippen molar-refractivity contribution in [2.24, 2.45) is 0 Å². The highest BCUT2D eigenvalue weighted by molar-refractivity contribution is 5.39. The van der Waals surface area contributed by atoms with Gasteiger partial charge in [0.2, 0.25) is 0 Å². The van der Waals surface area contributed by atoms with Crippen LogP contribution >= 0.6 is 0 Å². The van der Waals surface area contributed by atoms with Crippen LogP contribution in [-0.2, 0) is 6.54 Å². The average molecular weight is 205 g/mol. The molecule has 1 aromatic rings. The van der Waals surface area contributed by atoms with Gasteiger partial charge in [-0.05, 0) is 37.5 Å². The number of anilines is 1. The van der Waals surface area contributed by atoms with Gasteiger partial charge in [-0.25, -0.2) is 4.98 Å². The van der Waals surface area contributed by atoms with Crippen LogP contribution < -0.4 is 10.2 Å². The maximum absolute atomic E-state index is 4.35. The number of aromatic nitrogens is 1. The number of pyridine rings is 1. The Morgan fingerprint density at radius 1 is 1.53 bits per heavy atom. The Morgan fingerprint density at radius 3 is 3.00 bits per heavy atom. The molecule has 0 bridgehead atoms. The van der Waals surface area contributed by atoms with E-state index in [-0.39, 0.29) is 0 Å². The predicted octanol–water partition coefficient (Wildman–Crippen LogP) is 1.79. The third kappa shape index (κ3) is 2.93. The van der Waals surface area contributed by atoms with Crippen molar-refractivity contribution in [3.63, 3.8) is 0 Å². The molecule has 0 spiro atoms. The first-order valence-electron chi connectivity index (χ1n) is 5.69. The fourth-order valence-electron chi connectivity index (χ4n) is 1.49. The molecule has 0 amide bonds. The standard InChI is InChI=1S/C12H19N3/c1-3-15(2)12-8-10(6-7-13-12)9-14-11-4-5-11/h6-8,11,14H,3-5,9H2,1-2H3. The Bertz CT molecular complexity index is 320. The fourth-order valence-corrected chi connectivity index (χ4v) is 1.49. The molecule has 1 heterocycles. The number of hydrogen-bond acceptors (Lipinski definition) is 3. The summed E-state index contributed by atoms with van der Waals surface area (Å²) in [5, 5.41) is 3.51. The summed E-state index contributed by atoms with van der Waals surface area (Å²) in [5.74, 6) is 1.06. The molecule has 3 nitrogen and oxygen atoms in total. The van der Waals surface area contributed by atoms with Crippen molar-refractivity contribution < 1.29 is 0 Å². The van der Waals surface area contributed by atoms with E-state index in [2.05, 4.69) is 41.3 Å². The molecular formula is C12H19N3. The lowest BCUT2D eigenvalue weighted by atomic mass is 10.2. The molecule has 0 aliphatic heterocycles. The summed E-state index contributed by atoms with van der Waals surface area (Å²) in [7, 11) is 2.07. The van der Waals surface area contributed by atoms with Crippen LogP contribution in [0.2, 0.25) is 0 Å². The van der Waals surface area contributed by atoms with Gasteiger partial charge in [0.1, 0.15) is 5.82 Å². The van der Waals surface area contributed by atoms with Gasteiger partial charge >= 0.3 is 0 Å². The Morgan fingerprint density at radius 2 is 2.33 bits per heavy atom. The average Bonchev–Trinajstić information content (AvgIpc) is 3.09. The molecule has 0 saturated heterocycles. The molecule has 1 aliphatic rings. The van der Waals surface area contributed by atoms with E-state index >= 15 is 0 Å². The molecule has 0 atom stereocenters. The lowest BCUT2D eigenvalue weighted by Gasteiger charge is -2.16. The molecule has 2 rings (SSSR count). The Kier molecular flexibility index (Phi) is 3.21. The quantitative estimate of drug-likeness (QED) is 0.794. The van der Waals surface area contributed by atoms with Gasteiger partial charge in [-0.3, -0.25) is 0 Å². The van der Waals surface area contributed by atoms with Crippen LogP contribution in [0.1, 0.15) is 25.3 Å². The molecule has 1 aliphatic carbocycles. The Labute approximate surface area is 91.5 Å². The van der Waals surface area contributed by atoms with Gasteiger partial charge in [0, 0.05) is 32.4 Å². The summed E-state index contributed by atoms with van der Waals surface area (Å²) in [4.78, 5) is 6.50. The van der Waals surface area contributed by atoms with E-state index in [0.29, 0.717) is 0 Å². The SMILES string of the molecule is CCN(C)c1cc(CNC2CC2)ccn1. The van der Waals surface area contributed by atoms with Crippen molar-refractivity contribution >= 4 is 5.82 Å². The Hall–Kier alpha value is -1.09. The fraction of sp³-hybridized carbons (Fsp3) is 0.583. The maximum Gasteiger partial charge on any atom is 0.128 e. The lowest BCUT2D eigenvalue weighted by Crippen LogP contribution is -2.19.